The van der Waals surface area contributed by atoms with Gasteiger partial charge >= 0.3 is 0 Å². The maximum absolute atomic E-state index is 9.45. The molecular weight excluding hydrogens is 216 g/mol. The van der Waals surface area contributed by atoms with E-state index in [0.29, 0.717) is 0 Å². The largest absolute Gasteiger partial charge is 0.396 e. The minimum Gasteiger partial charge on any atom is -0.396 e. The maximum atomic E-state index is 9.45. The number of rotatable bonds is 2. The first-order valence-corrected chi connectivity index (χ1v) is 8.93. The van der Waals surface area contributed by atoms with Crippen LogP contribution in [0.3, 0.4) is 0 Å². The summed E-state index contributed by atoms with van der Waals surface area (Å²) < 4.78 is 6.10. The van der Waals surface area contributed by atoms with Crippen molar-refractivity contribution >= 4 is 8.32 Å². The Hall–Kier alpha value is -1.18. The van der Waals surface area contributed by atoms with Crippen LogP contribution in [0.1, 0.15) is 17.7 Å². The zero-order chi connectivity index (χ0) is 11.8. The third-order valence-corrected chi connectivity index (χ3v) is 3.66. The first-order chi connectivity index (χ1) is 7.47. The van der Waals surface area contributed by atoms with Crippen LogP contribution in [0, 0.1) is 11.3 Å². The molecule has 0 amide bonds. The van der Waals surface area contributed by atoms with Gasteiger partial charge in [0.1, 0.15) is 6.07 Å². The van der Waals surface area contributed by atoms with Crippen molar-refractivity contribution in [1.29, 1.82) is 5.26 Å². The van der Waals surface area contributed by atoms with Crippen molar-refractivity contribution in [2.45, 2.75) is 38.1 Å². The molecule has 84 valence electrons. The number of nitriles is 1. The van der Waals surface area contributed by atoms with E-state index in [2.05, 4.69) is 30.7 Å². The molecule has 3 nitrogen and oxygen atoms in total. The lowest BCUT2D eigenvalue weighted by molar-refractivity contribution is 0.121. The second-order valence-corrected chi connectivity index (χ2v) is 9.58. The summed E-state index contributed by atoms with van der Waals surface area (Å²) >= 11 is 0. The minimum atomic E-state index is -1.73. The van der Waals surface area contributed by atoms with Crippen LogP contribution in [0.5, 0.6) is 0 Å². The Balaban J connectivity index is 2.43. The van der Waals surface area contributed by atoms with E-state index >= 15 is 0 Å². The molecule has 1 unspecified atom stereocenters. The summed E-state index contributed by atoms with van der Waals surface area (Å²) in [4.78, 5) is 4.32. The van der Waals surface area contributed by atoms with E-state index in [1.165, 1.54) is 0 Å². The summed E-state index contributed by atoms with van der Waals surface area (Å²) in [6.07, 6.45) is 3.36. The second-order valence-electron chi connectivity index (χ2n) is 5.15. The average Bonchev–Trinajstić information content (AvgIpc) is 2.57. The van der Waals surface area contributed by atoms with Gasteiger partial charge in [0.15, 0.2) is 13.9 Å². The molecule has 1 aliphatic carbocycles. The molecule has 0 spiro atoms. The van der Waals surface area contributed by atoms with Gasteiger partial charge in [-0.2, -0.15) is 5.26 Å². The molecule has 0 saturated heterocycles. The number of fused-ring (bicyclic) bond motifs is 1. The molecule has 0 N–H and O–H groups in total. The molecule has 1 aliphatic rings. The Morgan fingerprint density at radius 2 is 2.25 bits per heavy atom. The Morgan fingerprint density at radius 3 is 2.88 bits per heavy atom. The maximum Gasteiger partial charge on any atom is 0.186 e. The van der Waals surface area contributed by atoms with Crippen LogP contribution in [0.25, 0.3) is 0 Å². The Labute approximate surface area is 97.2 Å². The van der Waals surface area contributed by atoms with E-state index in [1.807, 2.05) is 12.1 Å². The van der Waals surface area contributed by atoms with Gasteiger partial charge < -0.3 is 4.43 Å². The van der Waals surface area contributed by atoms with Crippen LogP contribution in [0.15, 0.2) is 18.3 Å². The number of hydrogen-bond donors (Lipinski definition) is 0. The molecule has 1 aromatic rings. The molecule has 0 aliphatic heterocycles. The van der Waals surface area contributed by atoms with E-state index in [0.717, 1.165) is 24.1 Å². The van der Waals surface area contributed by atoms with Crippen molar-refractivity contribution < 1.29 is 4.43 Å². The zero-order valence-electron chi connectivity index (χ0n) is 9.95. The average molecular weight is 232 g/mol. The predicted molar refractivity (Wildman–Crippen MR) is 64.3 cm³/mol. The highest BCUT2D eigenvalue weighted by Crippen LogP contribution is 2.40. The first-order valence-electron chi connectivity index (χ1n) is 5.53. The van der Waals surface area contributed by atoms with E-state index in [4.69, 9.17) is 4.43 Å². The number of hydrogen-bond acceptors (Lipinski definition) is 3. The van der Waals surface area contributed by atoms with Gasteiger partial charge in [0.2, 0.25) is 0 Å². The summed E-state index contributed by atoms with van der Waals surface area (Å²) in [6.45, 7) is 6.33. The van der Waals surface area contributed by atoms with Crippen molar-refractivity contribution in [3.05, 3.63) is 29.6 Å². The third-order valence-electron chi connectivity index (χ3n) is 2.70. The molecule has 0 saturated carbocycles. The lowest BCUT2D eigenvalue weighted by Crippen LogP contribution is -2.38. The Bertz CT molecular complexity index is 447. The third kappa shape index (κ3) is 1.88. The number of pyridine rings is 1. The lowest BCUT2D eigenvalue weighted by Gasteiger charge is -2.30. The van der Waals surface area contributed by atoms with Crippen LogP contribution < -0.4 is 0 Å². The first kappa shape index (κ1) is 11.3. The summed E-state index contributed by atoms with van der Waals surface area (Å²) in [6, 6.07) is 6.21. The van der Waals surface area contributed by atoms with Crippen molar-refractivity contribution in [2.24, 2.45) is 0 Å². The quantitative estimate of drug-likeness (QED) is 0.736. The molecule has 16 heavy (non-hydrogen) atoms. The van der Waals surface area contributed by atoms with Crippen molar-refractivity contribution in [2.75, 3.05) is 0 Å². The highest BCUT2D eigenvalue weighted by molar-refractivity contribution is 6.69. The second kappa shape index (κ2) is 3.69. The molecule has 0 aromatic carbocycles. The molecular formula is C12H16N2OSi. The molecule has 4 heteroatoms. The zero-order valence-corrected chi connectivity index (χ0v) is 10.9. The van der Waals surface area contributed by atoms with Gasteiger partial charge in [-0.1, -0.05) is 6.07 Å². The van der Waals surface area contributed by atoms with Crippen molar-refractivity contribution in [1.82, 2.24) is 4.98 Å². The fourth-order valence-corrected chi connectivity index (χ4v) is 3.50. The molecule has 0 bridgehead atoms. The monoisotopic (exact) mass is 232 g/mol. The van der Waals surface area contributed by atoms with E-state index in [-0.39, 0.29) is 0 Å². The van der Waals surface area contributed by atoms with Crippen molar-refractivity contribution in [3.63, 3.8) is 0 Å². The molecule has 2 rings (SSSR count). The van der Waals surface area contributed by atoms with Gasteiger partial charge in [0.25, 0.3) is 0 Å². The Morgan fingerprint density at radius 1 is 1.50 bits per heavy atom. The highest BCUT2D eigenvalue weighted by atomic mass is 28.4. The van der Waals surface area contributed by atoms with Crippen LogP contribution >= 0.6 is 0 Å². The van der Waals surface area contributed by atoms with E-state index in [9.17, 15) is 5.26 Å². The van der Waals surface area contributed by atoms with Gasteiger partial charge in [-0.05, 0) is 38.5 Å². The number of aromatic nitrogens is 1. The van der Waals surface area contributed by atoms with Gasteiger partial charge in [0.05, 0.1) is 0 Å². The lowest BCUT2D eigenvalue weighted by atomic mass is 10.00. The van der Waals surface area contributed by atoms with Crippen LogP contribution in [-0.2, 0) is 16.4 Å². The molecule has 1 atom stereocenters. The minimum absolute atomic E-state index is 0.736. The normalized spacial score (nSPS) is 23.9. The molecule has 0 fully saturated rings. The SMILES string of the molecule is C[Si](C)(C)OC1(C#N)CCc2ncccc21. The van der Waals surface area contributed by atoms with Gasteiger partial charge in [-0.25, -0.2) is 0 Å². The van der Waals surface area contributed by atoms with E-state index in [1.54, 1.807) is 6.20 Å². The fourth-order valence-electron chi connectivity index (χ4n) is 2.20. The van der Waals surface area contributed by atoms with Gasteiger partial charge in [0, 0.05) is 17.5 Å². The van der Waals surface area contributed by atoms with Crippen LogP contribution in [0.4, 0.5) is 0 Å². The smallest absolute Gasteiger partial charge is 0.186 e. The molecule has 1 heterocycles. The van der Waals surface area contributed by atoms with Gasteiger partial charge in [-0.15, -0.1) is 0 Å². The Kier molecular flexibility index (Phi) is 2.60. The topological polar surface area (TPSA) is 45.9 Å². The van der Waals surface area contributed by atoms with Gasteiger partial charge in [-0.3, -0.25) is 4.98 Å². The van der Waals surface area contributed by atoms with Crippen molar-refractivity contribution in [3.8, 4) is 6.07 Å². The summed E-state index contributed by atoms with van der Waals surface area (Å²) in [5.74, 6) is 0. The highest BCUT2D eigenvalue weighted by Gasteiger charge is 2.43. The van der Waals surface area contributed by atoms with Crippen LogP contribution in [0.2, 0.25) is 19.6 Å². The van der Waals surface area contributed by atoms with Crippen LogP contribution in [-0.4, -0.2) is 13.3 Å². The predicted octanol–water partition coefficient (Wildman–Crippen LogP) is 2.60. The number of aryl methyl sites for hydroxylation is 1. The summed E-state index contributed by atoms with van der Waals surface area (Å²) in [5, 5.41) is 9.45. The summed E-state index contributed by atoms with van der Waals surface area (Å²) in [5.41, 5.74) is 1.25. The fraction of sp³-hybridized carbons (Fsp3) is 0.500. The molecule has 0 radical (unpaired) electrons. The number of nitrogens with zero attached hydrogens (tertiary/aromatic N) is 2. The summed E-state index contributed by atoms with van der Waals surface area (Å²) in [7, 11) is -1.73. The standard InChI is InChI=1S/C12H16N2OSi/c1-16(2,3)15-12(9-13)7-6-11-10(12)5-4-8-14-11/h4-5,8H,6-7H2,1-3H3. The van der Waals surface area contributed by atoms with E-state index < -0.39 is 13.9 Å². The molecule has 1 aromatic heterocycles.